The summed E-state index contributed by atoms with van der Waals surface area (Å²) in [7, 11) is 0. The first-order valence-electron chi connectivity index (χ1n) is 11.7. The molecule has 0 aromatic carbocycles. The molecule has 9 nitrogen and oxygen atoms in total. The molecule has 0 heterocycles. The molecule has 194 valence electrons. The van der Waals surface area contributed by atoms with Gasteiger partial charge in [0.05, 0.1) is 89.5 Å². The lowest BCUT2D eigenvalue weighted by Gasteiger charge is -2.22. The molecular weight excluding hydrogens is 420 g/mol. The van der Waals surface area contributed by atoms with E-state index in [4.69, 9.17) is 38.3 Å². The van der Waals surface area contributed by atoms with Gasteiger partial charge in [0.1, 0.15) is 6.10 Å². The molecule has 0 aliphatic carbocycles. The Morgan fingerprint density at radius 1 is 0.500 bits per heavy atom. The van der Waals surface area contributed by atoms with E-state index >= 15 is 0 Å². The number of hydrogen-bond acceptors (Lipinski definition) is 9. The summed E-state index contributed by atoms with van der Waals surface area (Å²) >= 11 is 0. The second-order valence-electron chi connectivity index (χ2n) is 8.36. The van der Waals surface area contributed by atoms with Crippen molar-refractivity contribution in [1.29, 1.82) is 0 Å². The average Bonchev–Trinajstić information content (AvgIpc) is 2.78. The summed E-state index contributed by atoms with van der Waals surface area (Å²) in [6.07, 6.45) is -1.23. The number of rotatable bonds is 22. The summed E-state index contributed by atoms with van der Waals surface area (Å²) in [5.74, 6) is 0. The van der Waals surface area contributed by atoms with Crippen molar-refractivity contribution >= 4 is 0 Å². The second kappa shape index (κ2) is 20.1. The highest BCUT2D eigenvalue weighted by Gasteiger charge is 2.14. The Balaban J connectivity index is 3.79. The van der Waals surface area contributed by atoms with E-state index < -0.39 is 6.10 Å². The lowest BCUT2D eigenvalue weighted by atomic mass is 10.3. The van der Waals surface area contributed by atoms with Gasteiger partial charge in [0.25, 0.3) is 0 Å². The molecule has 0 aromatic heterocycles. The zero-order valence-electron chi connectivity index (χ0n) is 21.2. The molecule has 0 saturated carbocycles. The van der Waals surface area contributed by atoms with Crippen molar-refractivity contribution in [2.75, 3.05) is 59.5 Å². The van der Waals surface area contributed by atoms with E-state index in [1.807, 2.05) is 48.5 Å². The van der Waals surface area contributed by atoms with E-state index in [9.17, 15) is 5.11 Å². The minimum atomic E-state index is -0.627. The molecule has 0 radical (unpaired) electrons. The summed E-state index contributed by atoms with van der Waals surface area (Å²) in [5, 5.41) is 18.7. The smallest absolute Gasteiger partial charge is 0.101 e. The van der Waals surface area contributed by atoms with Gasteiger partial charge in [-0.05, 0) is 48.5 Å². The highest BCUT2D eigenvalue weighted by atomic mass is 16.6. The van der Waals surface area contributed by atoms with E-state index in [1.54, 1.807) is 0 Å². The highest BCUT2D eigenvalue weighted by molar-refractivity contribution is 4.59. The number of hydrogen-bond donors (Lipinski definition) is 2. The lowest BCUT2D eigenvalue weighted by molar-refractivity contribution is -0.107. The normalized spacial score (nSPS) is 18.7. The van der Waals surface area contributed by atoms with Crippen LogP contribution in [0.4, 0.5) is 0 Å². The summed E-state index contributed by atoms with van der Waals surface area (Å²) < 4.78 is 39.2. The van der Waals surface area contributed by atoms with Crippen LogP contribution in [0.2, 0.25) is 0 Å². The zero-order chi connectivity index (χ0) is 24.4. The van der Waals surface area contributed by atoms with Crippen molar-refractivity contribution in [3.8, 4) is 0 Å². The van der Waals surface area contributed by atoms with Gasteiger partial charge in [0.15, 0.2) is 0 Å². The van der Waals surface area contributed by atoms with Crippen molar-refractivity contribution in [2.45, 2.75) is 91.2 Å². The van der Waals surface area contributed by atoms with Gasteiger partial charge in [-0.15, -0.1) is 0 Å². The Morgan fingerprint density at radius 3 is 1.12 bits per heavy atom. The van der Waals surface area contributed by atoms with Crippen molar-refractivity contribution in [3.63, 3.8) is 0 Å². The van der Waals surface area contributed by atoms with Gasteiger partial charge in [0.2, 0.25) is 0 Å². The predicted octanol–water partition coefficient (Wildman–Crippen LogP) is 1.81. The van der Waals surface area contributed by atoms with Gasteiger partial charge in [-0.2, -0.15) is 0 Å². The molecule has 9 heteroatoms. The van der Waals surface area contributed by atoms with Crippen LogP contribution >= 0.6 is 0 Å². The summed E-state index contributed by atoms with van der Waals surface area (Å²) in [5.41, 5.74) is 0. The van der Waals surface area contributed by atoms with E-state index in [2.05, 4.69) is 0 Å². The molecule has 0 aliphatic heterocycles. The monoisotopic (exact) mass is 468 g/mol. The number of aliphatic hydroxyl groups is 2. The third-order valence-corrected chi connectivity index (χ3v) is 4.42. The molecule has 7 unspecified atom stereocenters. The third kappa shape index (κ3) is 19.1. The molecule has 0 fully saturated rings. The predicted molar refractivity (Wildman–Crippen MR) is 122 cm³/mol. The van der Waals surface area contributed by atoms with Gasteiger partial charge in [-0.1, -0.05) is 0 Å². The van der Waals surface area contributed by atoms with Crippen LogP contribution < -0.4 is 0 Å². The maximum Gasteiger partial charge on any atom is 0.101 e. The number of ether oxygens (including phenoxy) is 7. The molecule has 0 aromatic rings. The van der Waals surface area contributed by atoms with Crippen LogP contribution in [0.3, 0.4) is 0 Å². The maximum atomic E-state index is 9.71. The van der Waals surface area contributed by atoms with Crippen LogP contribution in [0.15, 0.2) is 0 Å². The summed E-state index contributed by atoms with van der Waals surface area (Å²) in [4.78, 5) is 0. The van der Waals surface area contributed by atoms with Gasteiger partial charge < -0.3 is 43.4 Å². The largest absolute Gasteiger partial charge is 0.394 e. The Bertz CT molecular complexity index is 413. The first kappa shape index (κ1) is 31.6. The van der Waals surface area contributed by atoms with Gasteiger partial charge in [-0.25, -0.2) is 0 Å². The van der Waals surface area contributed by atoms with Gasteiger partial charge in [-0.3, -0.25) is 0 Å². The zero-order valence-corrected chi connectivity index (χ0v) is 21.2. The van der Waals surface area contributed by atoms with Crippen LogP contribution in [-0.4, -0.2) is 112 Å². The van der Waals surface area contributed by atoms with Crippen molar-refractivity contribution < 1.29 is 43.4 Å². The van der Waals surface area contributed by atoms with Crippen molar-refractivity contribution in [3.05, 3.63) is 0 Å². The highest BCUT2D eigenvalue weighted by Crippen LogP contribution is 2.04. The van der Waals surface area contributed by atoms with Gasteiger partial charge in [0, 0.05) is 6.61 Å². The topological polar surface area (TPSA) is 105 Å². The standard InChI is InChI=1S/C23H48O9/c1-8-26-15-23(25)16-32-22(7)14-31-21(6)13-30-20(5)12-29-19(4)11-28-18(3)10-27-17(2)9-24/h17-25H,8-16H2,1-7H3. The number of aliphatic hydroxyl groups excluding tert-OH is 2. The fourth-order valence-electron chi connectivity index (χ4n) is 2.37. The SMILES string of the molecule is CCOCC(O)COC(C)COC(C)COC(C)COC(C)COC(C)COC(C)CO. The van der Waals surface area contributed by atoms with E-state index in [1.165, 1.54) is 0 Å². The lowest BCUT2D eigenvalue weighted by Crippen LogP contribution is -2.30. The molecule has 0 bridgehead atoms. The Morgan fingerprint density at radius 2 is 0.812 bits per heavy atom. The Labute approximate surface area is 194 Å². The van der Waals surface area contributed by atoms with Crippen molar-refractivity contribution in [2.24, 2.45) is 0 Å². The summed E-state index contributed by atoms with van der Waals surface area (Å²) in [6, 6.07) is 0. The summed E-state index contributed by atoms with van der Waals surface area (Å²) in [6.45, 7) is 16.7. The quantitative estimate of drug-likeness (QED) is 0.246. The van der Waals surface area contributed by atoms with Crippen LogP contribution in [0.25, 0.3) is 0 Å². The minimum Gasteiger partial charge on any atom is -0.394 e. The molecule has 7 atom stereocenters. The molecule has 0 aliphatic rings. The van der Waals surface area contributed by atoms with E-state index in [-0.39, 0.29) is 56.4 Å². The van der Waals surface area contributed by atoms with Crippen molar-refractivity contribution in [1.82, 2.24) is 0 Å². The molecule has 0 rings (SSSR count). The third-order valence-electron chi connectivity index (χ3n) is 4.42. The first-order chi connectivity index (χ1) is 15.2. The first-order valence-corrected chi connectivity index (χ1v) is 11.7. The molecule has 2 N–H and O–H groups in total. The molecule has 0 amide bonds. The Kier molecular flexibility index (Phi) is 19.8. The molecular formula is C23H48O9. The van der Waals surface area contributed by atoms with Crippen LogP contribution in [0.1, 0.15) is 48.5 Å². The fourth-order valence-corrected chi connectivity index (χ4v) is 2.37. The second-order valence-corrected chi connectivity index (χ2v) is 8.36. The van der Waals surface area contributed by atoms with Crippen LogP contribution in [-0.2, 0) is 33.2 Å². The van der Waals surface area contributed by atoms with Crippen LogP contribution in [0, 0.1) is 0 Å². The molecule has 0 saturated heterocycles. The average molecular weight is 469 g/mol. The molecule has 0 spiro atoms. The fraction of sp³-hybridized carbons (Fsp3) is 1.00. The maximum absolute atomic E-state index is 9.71. The van der Waals surface area contributed by atoms with E-state index in [0.29, 0.717) is 39.6 Å². The van der Waals surface area contributed by atoms with Gasteiger partial charge >= 0.3 is 0 Å². The minimum absolute atomic E-state index is 0.000320. The molecule has 32 heavy (non-hydrogen) atoms. The van der Waals surface area contributed by atoms with Crippen LogP contribution in [0.5, 0.6) is 0 Å². The Hall–Kier alpha value is -0.360. The van der Waals surface area contributed by atoms with E-state index in [0.717, 1.165) is 0 Å².